The number of hydrogen-bond acceptors (Lipinski definition) is 4. The molecule has 0 aromatic carbocycles. The van der Waals surface area contributed by atoms with Crippen LogP contribution >= 0.6 is 69.6 Å². The zero-order valence-electron chi connectivity index (χ0n) is 20.8. The molecule has 6 atom stereocenters. The molecule has 0 aliphatic heterocycles. The van der Waals surface area contributed by atoms with E-state index in [1.165, 1.54) is 0 Å². The monoisotopic (exact) mass is 610 g/mol. The number of allylic oxidation sites excluding steroid dienone is 2. The van der Waals surface area contributed by atoms with E-state index in [9.17, 15) is 9.59 Å². The smallest absolute Gasteiger partial charge is 0.312 e. The van der Waals surface area contributed by atoms with Crippen molar-refractivity contribution in [2.75, 3.05) is 13.2 Å². The third-order valence-corrected chi connectivity index (χ3v) is 11.7. The summed E-state index contributed by atoms with van der Waals surface area (Å²) < 4.78 is 9.28. The van der Waals surface area contributed by atoms with Crippen LogP contribution in [0.4, 0.5) is 0 Å². The van der Waals surface area contributed by atoms with Gasteiger partial charge >= 0.3 is 11.9 Å². The second-order valence-corrected chi connectivity index (χ2v) is 12.9. The molecule has 1 saturated carbocycles. The van der Waals surface area contributed by atoms with E-state index < -0.39 is 37.9 Å². The van der Waals surface area contributed by atoms with Crippen LogP contribution in [0.1, 0.15) is 79.1 Å². The summed E-state index contributed by atoms with van der Waals surface area (Å²) in [5.74, 6) is -3.86. The molecule has 0 radical (unpaired) electrons. The predicted molar refractivity (Wildman–Crippen MR) is 146 cm³/mol. The lowest BCUT2D eigenvalue weighted by atomic mass is 9.81. The summed E-state index contributed by atoms with van der Waals surface area (Å²) in [6, 6.07) is 0. The van der Waals surface area contributed by atoms with Crippen LogP contribution in [0.3, 0.4) is 0 Å². The van der Waals surface area contributed by atoms with E-state index in [-0.39, 0.29) is 35.1 Å². The third kappa shape index (κ3) is 5.59. The molecular formula is C25H36Cl6O4. The van der Waals surface area contributed by atoms with Gasteiger partial charge in [-0.3, -0.25) is 9.59 Å². The lowest BCUT2D eigenvalue weighted by Crippen LogP contribution is -2.47. The van der Waals surface area contributed by atoms with Crippen LogP contribution in [0.25, 0.3) is 0 Å². The Bertz CT molecular complexity index is 741. The first kappa shape index (κ1) is 31.6. The van der Waals surface area contributed by atoms with E-state index in [4.69, 9.17) is 79.1 Å². The maximum atomic E-state index is 13.5. The summed E-state index contributed by atoms with van der Waals surface area (Å²) in [5.41, 5.74) is 0. The van der Waals surface area contributed by atoms with Gasteiger partial charge < -0.3 is 9.47 Å². The Morgan fingerprint density at radius 3 is 1.37 bits per heavy atom. The van der Waals surface area contributed by atoms with Crippen molar-refractivity contribution in [3.8, 4) is 0 Å². The van der Waals surface area contributed by atoms with Gasteiger partial charge in [0.15, 0.2) is 4.33 Å². The molecule has 202 valence electrons. The van der Waals surface area contributed by atoms with Gasteiger partial charge in [-0.15, -0.1) is 23.2 Å². The van der Waals surface area contributed by atoms with Crippen molar-refractivity contribution in [1.29, 1.82) is 0 Å². The molecule has 35 heavy (non-hydrogen) atoms. The summed E-state index contributed by atoms with van der Waals surface area (Å²) in [6.45, 7) is 8.63. The first-order valence-electron chi connectivity index (χ1n) is 12.5. The lowest BCUT2D eigenvalue weighted by molar-refractivity contribution is -0.162. The number of esters is 2. The second-order valence-electron chi connectivity index (χ2n) is 9.67. The van der Waals surface area contributed by atoms with E-state index in [1.54, 1.807) is 0 Å². The summed E-state index contributed by atoms with van der Waals surface area (Å²) in [6.07, 6.45) is 7.63. The molecule has 0 spiro atoms. The molecule has 0 amide bonds. The maximum Gasteiger partial charge on any atom is 0.312 e. The van der Waals surface area contributed by atoms with Gasteiger partial charge in [0.1, 0.15) is 9.75 Å². The van der Waals surface area contributed by atoms with Crippen LogP contribution in [-0.4, -0.2) is 39.2 Å². The Hall–Kier alpha value is 0.420. The molecule has 2 aliphatic rings. The second kappa shape index (κ2) is 13.0. The molecule has 0 aromatic heterocycles. The van der Waals surface area contributed by atoms with Gasteiger partial charge in [-0.25, -0.2) is 0 Å². The van der Waals surface area contributed by atoms with E-state index in [0.717, 1.165) is 51.4 Å². The standard InChI is InChI=1S/C25H36Cl6O4/c1-5-9-11-15(7-3)13-34-21(32)17-18(22(33)35-14-16(8-4)12-10-6-2)24(29)20(27)19(26)23(17,28)25(24,30)31/h15-18H,5-14H2,1-4H3/t15?,16?,17?,18?,23-,24+. The normalized spacial score (nSPS) is 30.9. The third-order valence-electron chi connectivity index (χ3n) is 7.45. The molecule has 0 aromatic rings. The average molecular weight is 613 g/mol. The van der Waals surface area contributed by atoms with Crippen molar-refractivity contribution in [2.24, 2.45) is 23.7 Å². The average Bonchev–Trinajstić information content (AvgIpc) is 3.04. The first-order valence-corrected chi connectivity index (χ1v) is 14.8. The Labute approximate surface area is 239 Å². The predicted octanol–water partition coefficient (Wildman–Crippen LogP) is 8.58. The minimum atomic E-state index is -2.05. The lowest BCUT2D eigenvalue weighted by Gasteiger charge is -2.34. The van der Waals surface area contributed by atoms with E-state index in [0.29, 0.717) is 0 Å². The Balaban J connectivity index is 2.35. The van der Waals surface area contributed by atoms with Gasteiger partial charge in [0.25, 0.3) is 0 Å². The summed E-state index contributed by atoms with van der Waals surface area (Å²) >= 11 is 40.0. The zero-order valence-corrected chi connectivity index (χ0v) is 25.3. The summed E-state index contributed by atoms with van der Waals surface area (Å²) in [4.78, 5) is 23.0. The van der Waals surface area contributed by atoms with Crippen LogP contribution in [-0.2, 0) is 19.1 Å². The molecule has 1 fully saturated rings. The molecule has 0 saturated heterocycles. The highest BCUT2D eigenvalue weighted by atomic mass is 35.5. The first-order chi connectivity index (χ1) is 16.4. The van der Waals surface area contributed by atoms with Gasteiger partial charge in [0, 0.05) is 0 Å². The van der Waals surface area contributed by atoms with Crippen molar-refractivity contribution < 1.29 is 19.1 Å². The minimum absolute atomic E-state index is 0.153. The van der Waals surface area contributed by atoms with Crippen molar-refractivity contribution in [3.63, 3.8) is 0 Å². The number of hydrogen-bond donors (Lipinski definition) is 0. The zero-order chi connectivity index (χ0) is 26.6. The van der Waals surface area contributed by atoms with Crippen LogP contribution in [0.2, 0.25) is 0 Å². The number of unbranched alkanes of at least 4 members (excludes halogenated alkanes) is 2. The van der Waals surface area contributed by atoms with Crippen LogP contribution in [0.15, 0.2) is 10.1 Å². The fraction of sp³-hybridized carbons (Fsp3) is 0.840. The molecular weight excluding hydrogens is 577 g/mol. The van der Waals surface area contributed by atoms with Crippen LogP contribution in [0.5, 0.6) is 0 Å². The van der Waals surface area contributed by atoms with Gasteiger partial charge in [-0.1, -0.05) is 113 Å². The highest BCUT2D eigenvalue weighted by molar-refractivity contribution is 6.66. The van der Waals surface area contributed by atoms with Crippen molar-refractivity contribution >= 4 is 81.5 Å². The fourth-order valence-electron chi connectivity index (χ4n) is 4.96. The molecule has 0 heterocycles. The maximum absolute atomic E-state index is 13.5. The highest BCUT2D eigenvalue weighted by Gasteiger charge is 2.86. The Kier molecular flexibility index (Phi) is 11.7. The number of carbonyl (C=O) groups excluding carboxylic acids is 2. The SMILES string of the molecule is CCCCC(CC)COC(=O)C1C(C(=O)OCC(CC)CCCC)[C@@]2(Cl)C(Cl)=C(Cl)[C@]1(Cl)C2(Cl)Cl. The molecule has 2 bridgehead atoms. The molecule has 2 rings (SSSR count). The summed E-state index contributed by atoms with van der Waals surface area (Å²) in [5, 5.41) is -0.307. The number of alkyl halides is 4. The van der Waals surface area contributed by atoms with E-state index >= 15 is 0 Å². The Morgan fingerprint density at radius 1 is 0.743 bits per heavy atom. The van der Waals surface area contributed by atoms with E-state index in [2.05, 4.69) is 13.8 Å². The molecule has 2 aliphatic carbocycles. The van der Waals surface area contributed by atoms with Gasteiger partial charge in [0.05, 0.1) is 35.1 Å². The number of ether oxygens (including phenoxy) is 2. The molecule has 10 heteroatoms. The number of fused-ring (bicyclic) bond motifs is 2. The molecule has 0 N–H and O–H groups in total. The number of carbonyl (C=O) groups is 2. The minimum Gasteiger partial charge on any atom is -0.465 e. The summed E-state index contributed by atoms with van der Waals surface area (Å²) in [7, 11) is 0. The number of halogens is 6. The quantitative estimate of drug-likeness (QED) is 0.146. The van der Waals surface area contributed by atoms with Gasteiger partial charge in [-0.2, -0.15) is 0 Å². The van der Waals surface area contributed by atoms with Crippen LogP contribution in [0, 0.1) is 23.7 Å². The fourth-order valence-corrected chi connectivity index (χ4v) is 7.88. The highest BCUT2D eigenvalue weighted by Crippen LogP contribution is 2.76. The molecule has 4 unspecified atom stereocenters. The largest absolute Gasteiger partial charge is 0.465 e. The molecule has 4 nitrogen and oxygen atoms in total. The Morgan fingerprint density at radius 2 is 1.09 bits per heavy atom. The van der Waals surface area contributed by atoms with Crippen molar-refractivity contribution in [2.45, 2.75) is 93.1 Å². The van der Waals surface area contributed by atoms with Crippen molar-refractivity contribution in [1.82, 2.24) is 0 Å². The van der Waals surface area contributed by atoms with Gasteiger partial charge in [0.2, 0.25) is 0 Å². The van der Waals surface area contributed by atoms with Gasteiger partial charge in [-0.05, 0) is 24.7 Å². The van der Waals surface area contributed by atoms with E-state index in [1.807, 2.05) is 13.8 Å². The topological polar surface area (TPSA) is 52.6 Å². The number of rotatable bonds is 14. The van der Waals surface area contributed by atoms with Crippen molar-refractivity contribution in [3.05, 3.63) is 10.1 Å². The van der Waals surface area contributed by atoms with Crippen LogP contribution < -0.4 is 0 Å².